The van der Waals surface area contributed by atoms with Crippen LogP contribution in [0, 0.1) is 0 Å². The number of hydrogen-bond donors (Lipinski definition) is 2. The number of benzene rings is 4. The topological polar surface area (TPSA) is 110 Å². The fourth-order valence-corrected chi connectivity index (χ4v) is 5.94. The van der Waals surface area contributed by atoms with Crippen molar-refractivity contribution in [3.63, 3.8) is 0 Å². The smallest absolute Gasteiger partial charge is 0.244 e. The van der Waals surface area contributed by atoms with E-state index in [1.807, 2.05) is 78.9 Å². The monoisotopic (exact) mass is 544 g/mol. The van der Waals surface area contributed by atoms with Crippen molar-refractivity contribution in [3.8, 4) is 16.3 Å². The van der Waals surface area contributed by atoms with Crippen molar-refractivity contribution in [1.82, 2.24) is 14.9 Å². The molecular weight excluding hydrogens is 520 g/mol. The Kier molecular flexibility index (Phi) is 7.45. The van der Waals surface area contributed by atoms with Gasteiger partial charge in [0.1, 0.15) is 16.8 Å². The first kappa shape index (κ1) is 25.5. The number of fused-ring (bicyclic) bond motifs is 1. The molecule has 0 aliphatic carbocycles. The lowest BCUT2D eigenvalue weighted by Crippen LogP contribution is -2.45. The van der Waals surface area contributed by atoms with Crippen LogP contribution in [-0.2, 0) is 21.2 Å². The first-order valence-corrected chi connectivity index (χ1v) is 14.0. The maximum absolute atomic E-state index is 13.4. The van der Waals surface area contributed by atoms with E-state index in [0.717, 1.165) is 21.9 Å². The lowest BCUT2D eigenvalue weighted by Gasteiger charge is -2.18. The van der Waals surface area contributed by atoms with Crippen LogP contribution in [0.1, 0.15) is 5.56 Å². The third-order valence-electron chi connectivity index (χ3n) is 5.90. The van der Waals surface area contributed by atoms with Crippen LogP contribution in [0.3, 0.4) is 0 Å². The number of methoxy groups -OCH3 is 1. The highest BCUT2D eigenvalue weighted by atomic mass is 32.2. The van der Waals surface area contributed by atoms with Crippen LogP contribution in [0.4, 0.5) is 5.13 Å². The molecule has 0 spiro atoms. The zero-order valence-electron chi connectivity index (χ0n) is 20.4. The van der Waals surface area contributed by atoms with Crippen LogP contribution in [0.5, 0.6) is 5.75 Å². The van der Waals surface area contributed by atoms with E-state index >= 15 is 0 Å². The minimum absolute atomic E-state index is 0.0817. The maximum atomic E-state index is 13.4. The van der Waals surface area contributed by atoms with E-state index in [9.17, 15) is 13.2 Å². The SMILES string of the molecule is COc1cccc(-c2nnc(NC(=O)[C@H](Cc3ccccc3)NS(=O)(=O)c3ccc4ccccc4c3)s2)c1. The molecule has 4 aromatic carbocycles. The summed E-state index contributed by atoms with van der Waals surface area (Å²) in [5, 5.41) is 13.6. The van der Waals surface area contributed by atoms with Crippen molar-refractivity contribution < 1.29 is 17.9 Å². The van der Waals surface area contributed by atoms with E-state index in [1.165, 1.54) is 17.4 Å². The summed E-state index contributed by atoms with van der Waals surface area (Å²) >= 11 is 1.19. The van der Waals surface area contributed by atoms with E-state index in [-0.39, 0.29) is 16.4 Å². The summed E-state index contributed by atoms with van der Waals surface area (Å²) in [7, 11) is -2.43. The fourth-order valence-electron chi connectivity index (χ4n) is 3.97. The molecule has 2 N–H and O–H groups in total. The van der Waals surface area contributed by atoms with Crippen LogP contribution in [0.2, 0.25) is 0 Å². The molecular formula is C28H24N4O4S2. The lowest BCUT2D eigenvalue weighted by molar-refractivity contribution is -0.117. The molecule has 0 aliphatic heterocycles. The van der Waals surface area contributed by atoms with Gasteiger partial charge in [0.15, 0.2) is 0 Å². The molecule has 5 aromatic rings. The van der Waals surface area contributed by atoms with Gasteiger partial charge in [0.05, 0.1) is 12.0 Å². The third-order valence-corrected chi connectivity index (χ3v) is 8.26. The number of nitrogens with zero attached hydrogens (tertiary/aromatic N) is 2. The number of amides is 1. The zero-order chi connectivity index (χ0) is 26.5. The van der Waals surface area contributed by atoms with Gasteiger partial charge in [0.2, 0.25) is 21.1 Å². The molecule has 0 saturated carbocycles. The Bertz CT molecular complexity index is 1690. The Morgan fingerprint density at radius 2 is 1.66 bits per heavy atom. The molecule has 1 atom stereocenters. The third kappa shape index (κ3) is 5.88. The highest BCUT2D eigenvalue weighted by Crippen LogP contribution is 2.29. The van der Waals surface area contributed by atoms with Crippen LogP contribution < -0.4 is 14.8 Å². The van der Waals surface area contributed by atoms with Gasteiger partial charge >= 0.3 is 0 Å². The predicted molar refractivity (Wildman–Crippen MR) is 149 cm³/mol. The Labute approximate surface area is 224 Å². The fraction of sp³-hybridized carbons (Fsp3) is 0.107. The Morgan fingerprint density at radius 3 is 2.45 bits per heavy atom. The molecule has 1 aromatic heterocycles. The molecule has 0 aliphatic rings. The lowest BCUT2D eigenvalue weighted by atomic mass is 10.1. The summed E-state index contributed by atoms with van der Waals surface area (Å²) in [5.74, 6) is 0.140. The van der Waals surface area contributed by atoms with Gasteiger partial charge in [0, 0.05) is 5.56 Å². The van der Waals surface area contributed by atoms with E-state index in [0.29, 0.717) is 10.8 Å². The quantitative estimate of drug-likeness (QED) is 0.273. The minimum Gasteiger partial charge on any atom is -0.497 e. The van der Waals surface area contributed by atoms with E-state index in [4.69, 9.17) is 4.74 Å². The molecule has 0 unspecified atom stereocenters. The van der Waals surface area contributed by atoms with Gasteiger partial charge in [-0.1, -0.05) is 84.1 Å². The molecule has 5 rings (SSSR count). The predicted octanol–water partition coefficient (Wildman–Crippen LogP) is 4.90. The van der Waals surface area contributed by atoms with Gasteiger partial charge in [-0.25, -0.2) is 8.42 Å². The van der Waals surface area contributed by atoms with Gasteiger partial charge in [-0.2, -0.15) is 4.72 Å². The Morgan fingerprint density at radius 1 is 0.895 bits per heavy atom. The summed E-state index contributed by atoms with van der Waals surface area (Å²) in [4.78, 5) is 13.4. The molecule has 0 saturated heterocycles. The molecule has 1 amide bonds. The van der Waals surface area contributed by atoms with Gasteiger partial charge in [0.25, 0.3) is 0 Å². The molecule has 0 radical (unpaired) electrons. The van der Waals surface area contributed by atoms with Crippen LogP contribution in [0.15, 0.2) is 102 Å². The normalized spacial score (nSPS) is 12.2. The Hall–Kier alpha value is -4.12. The van der Waals surface area contributed by atoms with Crippen molar-refractivity contribution in [2.24, 2.45) is 0 Å². The number of rotatable bonds is 9. The highest BCUT2D eigenvalue weighted by molar-refractivity contribution is 7.89. The van der Waals surface area contributed by atoms with Gasteiger partial charge < -0.3 is 4.74 Å². The van der Waals surface area contributed by atoms with Crippen molar-refractivity contribution >= 4 is 43.2 Å². The summed E-state index contributed by atoms with van der Waals surface area (Å²) in [6.45, 7) is 0. The van der Waals surface area contributed by atoms with E-state index in [2.05, 4.69) is 20.2 Å². The number of carbonyl (C=O) groups is 1. The van der Waals surface area contributed by atoms with Crippen LogP contribution in [-0.4, -0.2) is 37.7 Å². The number of nitrogens with one attached hydrogen (secondary N) is 2. The first-order chi connectivity index (χ1) is 18.4. The maximum Gasteiger partial charge on any atom is 0.244 e. The number of aromatic nitrogens is 2. The molecule has 1 heterocycles. The number of hydrogen-bond acceptors (Lipinski definition) is 7. The second-order valence-electron chi connectivity index (χ2n) is 8.51. The molecule has 38 heavy (non-hydrogen) atoms. The van der Waals surface area contributed by atoms with Crippen molar-refractivity contribution in [3.05, 3.63) is 103 Å². The van der Waals surface area contributed by atoms with Gasteiger partial charge in [-0.3, -0.25) is 10.1 Å². The summed E-state index contributed by atoms with van der Waals surface area (Å²) in [5.41, 5.74) is 1.60. The van der Waals surface area contributed by atoms with Crippen molar-refractivity contribution in [1.29, 1.82) is 0 Å². The second-order valence-corrected chi connectivity index (χ2v) is 11.2. The van der Waals surface area contributed by atoms with Crippen molar-refractivity contribution in [2.75, 3.05) is 12.4 Å². The molecule has 0 bridgehead atoms. The van der Waals surface area contributed by atoms with E-state index in [1.54, 1.807) is 19.2 Å². The first-order valence-electron chi connectivity index (χ1n) is 11.8. The van der Waals surface area contributed by atoms with Crippen LogP contribution >= 0.6 is 11.3 Å². The van der Waals surface area contributed by atoms with E-state index < -0.39 is 22.0 Å². The molecule has 192 valence electrons. The van der Waals surface area contributed by atoms with Crippen LogP contribution in [0.25, 0.3) is 21.3 Å². The number of ether oxygens (including phenoxy) is 1. The molecule has 10 heteroatoms. The average molecular weight is 545 g/mol. The number of anilines is 1. The molecule has 0 fully saturated rings. The van der Waals surface area contributed by atoms with Crippen molar-refractivity contribution in [2.45, 2.75) is 17.4 Å². The number of sulfonamides is 1. The second kappa shape index (κ2) is 11.1. The van der Waals surface area contributed by atoms with Gasteiger partial charge in [-0.05, 0) is 47.0 Å². The summed E-state index contributed by atoms with van der Waals surface area (Å²) < 4.78 is 34.6. The Balaban J connectivity index is 1.39. The standard InChI is InChI=1S/C28H24N4O4S2/c1-36-23-13-7-12-22(17-23)27-30-31-28(37-27)29-26(33)25(16-19-8-3-2-4-9-19)32-38(34,35)24-15-14-20-10-5-6-11-21(20)18-24/h2-15,17-18,25,32H,16H2,1H3,(H,29,31,33)/t25-/m0/s1. The van der Waals surface area contributed by atoms with Gasteiger partial charge in [-0.15, -0.1) is 10.2 Å². The zero-order valence-corrected chi connectivity index (χ0v) is 22.0. The average Bonchev–Trinajstić information content (AvgIpc) is 3.41. The summed E-state index contributed by atoms with van der Waals surface area (Å²) in [6.07, 6.45) is 0.154. The highest BCUT2D eigenvalue weighted by Gasteiger charge is 2.27. The minimum atomic E-state index is -4.01. The summed E-state index contributed by atoms with van der Waals surface area (Å²) in [6, 6.07) is 27.9. The largest absolute Gasteiger partial charge is 0.497 e. The molecule has 8 nitrogen and oxygen atoms in total. The number of carbonyl (C=O) groups excluding carboxylic acids is 1.